The topological polar surface area (TPSA) is 59.8 Å². The Labute approximate surface area is 190 Å². The minimum absolute atomic E-state index is 0.0528. The van der Waals surface area contributed by atoms with Crippen LogP contribution in [-0.2, 0) is 0 Å². The number of hydrogen-bond acceptors (Lipinski definition) is 3. The van der Waals surface area contributed by atoms with Gasteiger partial charge in [0.2, 0.25) is 5.82 Å². The zero-order chi connectivity index (χ0) is 22.1. The number of aryl methyl sites for hydroxylation is 2. The van der Waals surface area contributed by atoms with Crippen molar-refractivity contribution < 1.29 is 4.79 Å². The summed E-state index contributed by atoms with van der Waals surface area (Å²) in [4.78, 5) is 17.6. The number of anilines is 1. The lowest BCUT2D eigenvalue weighted by Gasteiger charge is -2.10. The van der Waals surface area contributed by atoms with Gasteiger partial charge in [-0.1, -0.05) is 59.6 Å². The maximum absolute atomic E-state index is 13.1. The summed E-state index contributed by atoms with van der Waals surface area (Å²) in [5.74, 6) is 0.163. The van der Waals surface area contributed by atoms with Crippen LogP contribution in [-0.4, -0.2) is 20.7 Å². The molecule has 4 rings (SSSR count). The molecule has 4 aromatic rings. The summed E-state index contributed by atoms with van der Waals surface area (Å²) >= 11 is 12.5. The molecule has 1 aromatic heterocycles. The molecule has 0 aliphatic heterocycles. The highest BCUT2D eigenvalue weighted by Crippen LogP contribution is 2.28. The number of carbonyl (C=O) groups excluding carboxylic acids is 1. The van der Waals surface area contributed by atoms with E-state index in [0.717, 1.165) is 33.6 Å². The molecule has 0 saturated heterocycles. The zero-order valence-electron chi connectivity index (χ0n) is 17.3. The molecule has 1 heterocycles. The van der Waals surface area contributed by atoms with Gasteiger partial charge in [0.1, 0.15) is 0 Å². The van der Waals surface area contributed by atoms with Gasteiger partial charge in [0.15, 0.2) is 5.82 Å². The molecule has 0 unspecified atom stereocenters. The zero-order valence-corrected chi connectivity index (χ0v) is 18.8. The van der Waals surface area contributed by atoms with Crippen molar-refractivity contribution in [3.05, 3.63) is 93.2 Å². The van der Waals surface area contributed by atoms with Gasteiger partial charge in [0.25, 0.3) is 5.91 Å². The van der Waals surface area contributed by atoms with E-state index in [0.29, 0.717) is 15.9 Å². The Balaban J connectivity index is 1.83. The number of nitrogens with one attached hydrogen (secondary N) is 1. The fourth-order valence-corrected chi connectivity index (χ4v) is 3.76. The van der Waals surface area contributed by atoms with Crippen LogP contribution < -0.4 is 5.32 Å². The van der Waals surface area contributed by atoms with Crippen LogP contribution >= 0.6 is 23.2 Å². The van der Waals surface area contributed by atoms with Crippen LogP contribution in [0.2, 0.25) is 10.0 Å². The van der Waals surface area contributed by atoms with E-state index in [1.165, 1.54) is 0 Å². The van der Waals surface area contributed by atoms with E-state index in [2.05, 4.69) is 15.4 Å². The molecular formula is C24H20Cl2N4O. The quantitative estimate of drug-likeness (QED) is 0.390. The van der Waals surface area contributed by atoms with Crippen LogP contribution in [0.5, 0.6) is 0 Å². The number of carbonyl (C=O) groups is 1. The summed E-state index contributed by atoms with van der Waals surface area (Å²) < 4.78 is 1.63. The van der Waals surface area contributed by atoms with Gasteiger partial charge in [-0.25, -0.2) is 9.67 Å². The third-order valence-corrected chi connectivity index (χ3v) is 5.72. The Morgan fingerprint density at radius 2 is 1.61 bits per heavy atom. The van der Waals surface area contributed by atoms with Crippen molar-refractivity contribution in [1.82, 2.24) is 14.8 Å². The molecule has 0 aliphatic rings. The van der Waals surface area contributed by atoms with Gasteiger partial charge in [-0.3, -0.25) is 4.79 Å². The maximum atomic E-state index is 13.1. The molecule has 0 atom stereocenters. The van der Waals surface area contributed by atoms with E-state index >= 15 is 0 Å². The molecule has 0 aliphatic carbocycles. The fraction of sp³-hybridized carbons (Fsp3) is 0.125. The Hall–Kier alpha value is -3.15. The van der Waals surface area contributed by atoms with Crippen LogP contribution in [0.3, 0.4) is 0 Å². The summed E-state index contributed by atoms with van der Waals surface area (Å²) in [5.41, 5.74) is 5.00. The van der Waals surface area contributed by atoms with Crippen LogP contribution in [0.1, 0.15) is 27.3 Å². The highest BCUT2D eigenvalue weighted by molar-refractivity contribution is 6.31. The molecule has 1 amide bonds. The van der Waals surface area contributed by atoms with E-state index < -0.39 is 0 Å². The second kappa shape index (κ2) is 8.53. The standard InChI is InChI=1S/C24H20Cl2N4O/c1-14-7-4-8-15(2)21(14)27-24(31)22-28-23(17-9-5-10-18(25)13-17)30(29-22)20-12-6-11-19(26)16(20)3/h4-13H,1-3H3,(H,27,31). The number of aromatic nitrogens is 3. The first-order chi connectivity index (χ1) is 14.8. The highest BCUT2D eigenvalue weighted by Gasteiger charge is 2.21. The highest BCUT2D eigenvalue weighted by atomic mass is 35.5. The van der Waals surface area contributed by atoms with Crippen LogP contribution in [0.15, 0.2) is 60.7 Å². The van der Waals surface area contributed by atoms with Crippen molar-refractivity contribution in [2.75, 3.05) is 5.32 Å². The maximum Gasteiger partial charge on any atom is 0.295 e. The second-order valence-electron chi connectivity index (χ2n) is 7.29. The van der Waals surface area contributed by atoms with Crippen molar-refractivity contribution in [2.45, 2.75) is 20.8 Å². The van der Waals surface area contributed by atoms with Crippen molar-refractivity contribution in [2.24, 2.45) is 0 Å². The van der Waals surface area contributed by atoms with Crippen LogP contribution in [0, 0.1) is 20.8 Å². The first-order valence-electron chi connectivity index (χ1n) is 9.71. The summed E-state index contributed by atoms with van der Waals surface area (Å²) in [7, 11) is 0. The van der Waals surface area contributed by atoms with Crippen LogP contribution in [0.25, 0.3) is 17.1 Å². The number of nitrogens with zero attached hydrogens (tertiary/aromatic N) is 3. The van der Waals surface area contributed by atoms with Crippen molar-refractivity contribution in [3.8, 4) is 17.1 Å². The Morgan fingerprint density at radius 1 is 0.935 bits per heavy atom. The lowest BCUT2D eigenvalue weighted by atomic mass is 10.1. The molecular weight excluding hydrogens is 431 g/mol. The summed E-state index contributed by atoms with van der Waals surface area (Å²) in [6.45, 7) is 5.79. The average molecular weight is 451 g/mol. The van der Waals surface area contributed by atoms with E-state index in [1.807, 2.05) is 69.3 Å². The van der Waals surface area contributed by atoms with Gasteiger partial charge in [-0.2, -0.15) is 0 Å². The number of benzene rings is 3. The van der Waals surface area contributed by atoms with E-state index in [1.54, 1.807) is 16.8 Å². The Kier molecular flexibility index (Phi) is 5.81. The molecule has 0 spiro atoms. The number of para-hydroxylation sites is 1. The molecule has 0 bridgehead atoms. The predicted octanol–water partition coefficient (Wildman–Crippen LogP) is 6.42. The van der Waals surface area contributed by atoms with Crippen molar-refractivity contribution in [1.29, 1.82) is 0 Å². The van der Waals surface area contributed by atoms with Gasteiger partial charge < -0.3 is 5.32 Å². The molecule has 31 heavy (non-hydrogen) atoms. The van der Waals surface area contributed by atoms with E-state index in [9.17, 15) is 4.79 Å². The normalized spacial score (nSPS) is 10.9. The molecule has 7 heteroatoms. The smallest absolute Gasteiger partial charge is 0.295 e. The summed E-state index contributed by atoms with van der Waals surface area (Å²) in [6.07, 6.45) is 0. The molecule has 1 N–H and O–H groups in total. The van der Waals surface area contributed by atoms with Gasteiger partial charge >= 0.3 is 0 Å². The molecule has 0 radical (unpaired) electrons. The molecule has 0 fully saturated rings. The first kappa shape index (κ1) is 21.1. The van der Waals surface area contributed by atoms with E-state index in [4.69, 9.17) is 23.2 Å². The lowest BCUT2D eigenvalue weighted by Crippen LogP contribution is -2.16. The van der Waals surface area contributed by atoms with Gasteiger partial charge in [0.05, 0.1) is 5.69 Å². The minimum Gasteiger partial charge on any atom is -0.319 e. The third-order valence-electron chi connectivity index (χ3n) is 5.08. The monoisotopic (exact) mass is 450 g/mol. The fourth-order valence-electron chi connectivity index (χ4n) is 3.40. The Bertz CT molecular complexity index is 1280. The van der Waals surface area contributed by atoms with Gasteiger partial charge in [0, 0.05) is 21.3 Å². The average Bonchev–Trinajstić information content (AvgIpc) is 3.18. The minimum atomic E-state index is -0.390. The molecule has 156 valence electrons. The molecule has 0 saturated carbocycles. The number of halogens is 2. The first-order valence-corrected chi connectivity index (χ1v) is 10.5. The van der Waals surface area contributed by atoms with E-state index in [-0.39, 0.29) is 11.7 Å². The van der Waals surface area contributed by atoms with Crippen LogP contribution in [0.4, 0.5) is 5.69 Å². The van der Waals surface area contributed by atoms with Gasteiger partial charge in [-0.05, 0) is 61.7 Å². The summed E-state index contributed by atoms with van der Waals surface area (Å²) in [5, 5.41) is 8.65. The lowest BCUT2D eigenvalue weighted by molar-refractivity contribution is 0.101. The SMILES string of the molecule is Cc1cccc(C)c1NC(=O)c1nc(-c2cccc(Cl)c2)n(-c2cccc(Cl)c2C)n1. The van der Waals surface area contributed by atoms with Gasteiger partial charge in [-0.15, -0.1) is 5.10 Å². The second-order valence-corrected chi connectivity index (χ2v) is 8.13. The number of rotatable bonds is 4. The summed E-state index contributed by atoms with van der Waals surface area (Å²) in [6, 6.07) is 18.7. The number of hydrogen-bond donors (Lipinski definition) is 1. The third kappa shape index (κ3) is 4.20. The molecule has 3 aromatic carbocycles. The van der Waals surface area contributed by atoms with Crippen molar-refractivity contribution >= 4 is 34.8 Å². The number of amides is 1. The van der Waals surface area contributed by atoms with Crippen molar-refractivity contribution in [3.63, 3.8) is 0 Å². The molecule has 5 nitrogen and oxygen atoms in total. The Morgan fingerprint density at radius 3 is 2.32 bits per heavy atom. The largest absolute Gasteiger partial charge is 0.319 e. The predicted molar refractivity (Wildman–Crippen MR) is 125 cm³/mol.